The number of rotatable bonds is 7. The Bertz CT molecular complexity index is 885. The Kier molecular flexibility index (Phi) is 6.34. The van der Waals surface area contributed by atoms with E-state index in [1.165, 1.54) is 0 Å². The van der Waals surface area contributed by atoms with Crippen LogP contribution < -0.4 is 15.0 Å². The van der Waals surface area contributed by atoms with E-state index < -0.39 is 0 Å². The molecule has 27 heavy (non-hydrogen) atoms. The van der Waals surface area contributed by atoms with Crippen LogP contribution in [0, 0.1) is 0 Å². The minimum Gasteiger partial charge on any atom is -0.495 e. The van der Waals surface area contributed by atoms with E-state index >= 15 is 0 Å². The van der Waals surface area contributed by atoms with E-state index in [4.69, 9.17) is 16.3 Å². The van der Waals surface area contributed by atoms with E-state index in [0.717, 1.165) is 11.3 Å². The summed E-state index contributed by atoms with van der Waals surface area (Å²) >= 11 is 6.05. The summed E-state index contributed by atoms with van der Waals surface area (Å²) < 4.78 is 5.30. The van der Waals surface area contributed by atoms with Crippen LogP contribution in [0.25, 0.3) is 0 Å². The lowest BCUT2D eigenvalue weighted by atomic mass is 10.2. The predicted molar refractivity (Wildman–Crippen MR) is 111 cm³/mol. The molecule has 4 nitrogen and oxygen atoms in total. The summed E-state index contributed by atoms with van der Waals surface area (Å²) in [4.78, 5) is 14.7. The van der Waals surface area contributed by atoms with Crippen molar-refractivity contribution in [3.63, 3.8) is 0 Å². The van der Waals surface area contributed by atoms with E-state index in [2.05, 4.69) is 5.32 Å². The number of benzene rings is 3. The zero-order chi connectivity index (χ0) is 19.1. The first kappa shape index (κ1) is 18.8. The average Bonchev–Trinajstić information content (AvgIpc) is 2.69. The van der Waals surface area contributed by atoms with Crippen LogP contribution in [0.5, 0.6) is 5.75 Å². The predicted octanol–water partition coefficient (Wildman–Crippen LogP) is 4.99. The number of carbonyl (C=O) groups excluding carboxylic acids is 1. The highest BCUT2D eigenvalue weighted by Gasteiger charge is 2.14. The van der Waals surface area contributed by atoms with Gasteiger partial charge in [0.05, 0.1) is 19.3 Å². The molecular formula is C22H21ClN2O2. The van der Waals surface area contributed by atoms with E-state index in [1.807, 2.05) is 65.6 Å². The topological polar surface area (TPSA) is 41.6 Å². The number of carbonyl (C=O) groups is 1. The molecule has 0 spiro atoms. The molecule has 0 aromatic heterocycles. The molecule has 0 atom stereocenters. The highest BCUT2D eigenvalue weighted by atomic mass is 35.5. The van der Waals surface area contributed by atoms with Crippen molar-refractivity contribution in [2.45, 2.75) is 6.54 Å². The Morgan fingerprint density at radius 2 is 1.67 bits per heavy atom. The third-order valence-electron chi connectivity index (χ3n) is 4.11. The van der Waals surface area contributed by atoms with Gasteiger partial charge in [-0.05, 0) is 35.9 Å². The van der Waals surface area contributed by atoms with Gasteiger partial charge in [0.15, 0.2) is 0 Å². The molecular weight excluding hydrogens is 360 g/mol. The maximum Gasteiger partial charge on any atom is 0.244 e. The van der Waals surface area contributed by atoms with Gasteiger partial charge >= 0.3 is 0 Å². The largest absolute Gasteiger partial charge is 0.495 e. The number of halogens is 1. The zero-order valence-electron chi connectivity index (χ0n) is 15.1. The van der Waals surface area contributed by atoms with Gasteiger partial charge in [0.2, 0.25) is 5.91 Å². The van der Waals surface area contributed by atoms with Crippen LogP contribution in [0.3, 0.4) is 0 Å². The Balaban J connectivity index is 1.77. The van der Waals surface area contributed by atoms with Gasteiger partial charge in [-0.2, -0.15) is 0 Å². The van der Waals surface area contributed by atoms with Crippen molar-refractivity contribution in [2.75, 3.05) is 23.9 Å². The standard InChI is InChI=1S/C22H21ClN2O2/c1-27-21-13-12-18(23)14-20(21)24-22(26)16-25(19-10-6-3-7-11-19)15-17-8-4-2-5-9-17/h2-14H,15-16H2,1H3,(H,24,26). The molecule has 0 radical (unpaired) electrons. The van der Waals surface area contributed by atoms with E-state index in [1.54, 1.807) is 25.3 Å². The second-order valence-electron chi connectivity index (χ2n) is 6.07. The van der Waals surface area contributed by atoms with Gasteiger partial charge in [0, 0.05) is 17.3 Å². The Labute approximate surface area is 164 Å². The van der Waals surface area contributed by atoms with Gasteiger partial charge in [-0.15, -0.1) is 0 Å². The molecule has 0 saturated carbocycles. The molecule has 1 amide bonds. The first-order valence-corrected chi connectivity index (χ1v) is 9.01. The summed E-state index contributed by atoms with van der Waals surface area (Å²) in [5, 5.41) is 3.44. The molecule has 0 aliphatic rings. The van der Waals surface area contributed by atoms with Crippen LogP contribution in [0.15, 0.2) is 78.9 Å². The van der Waals surface area contributed by atoms with E-state index in [9.17, 15) is 4.79 Å². The van der Waals surface area contributed by atoms with Crippen LogP contribution >= 0.6 is 11.6 Å². The summed E-state index contributed by atoms with van der Waals surface area (Å²) in [6, 6.07) is 25.1. The molecule has 0 saturated heterocycles. The average molecular weight is 381 g/mol. The Hall–Kier alpha value is -2.98. The summed E-state index contributed by atoms with van der Waals surface area (Å²) in [6.45, 7) is 0.833. The molecule has 0 unspecified atom stereocenters. The van der Waals surface area contributed by atoms with Gasteiger partial charge in [-0.25, -0.2) is 0 Å². The van der Waals surface area contributed by atoms with Gasteiger partial charge < -0.3 is 15.0 Å². The third-order valence-corrected chi connectivity index (χ3v) is 4.34. The van der Waals surface area contributed by atoms with Crippen molar-refractivity contribution in [1.29, 1.82) is 0 Å². The molecule has 3 aromatic rings. The molecule has 0 aliphatic carbocycles. The van der Waals surface area contributed by atoms with Crippen LogP contribution in [-0.4, -0.2) is 19.6 Å². The van der Waals surface area contributed by atoms with Gasteiger partial charge in [-0.1, -0.05) is 60.1 Å². The Morgan fingerprint density at radius 3 is 2.33 bits per heavy atom. The lowest BCUT2D eigenvalue weighted by molar-refractivity contribution is -0.115. The minimum atomic E-state index is -0.143. The highest BCUT2D eigenvalue weighted by Crippen LogP contribution is 2.27. The summed E-state index contributed by atoms with van der Waals surface area (Å²) in [7, 11) is 1.56. The second-order valence-corrected chi connectivity index (χ2v) is 6.51. The maximum absolute atomic E-state index is 12.7. The fourth-order valence-corrected chi connectivity index (χ4v) is 2.99. The number of methoxy groups -OCH3 is 1. The summed E-state index contributed by atoms with van der Waals surface area (Å²) in [5.41, 5.74) is 2.67. The fraction of sp³-hybridized carbons (Fsp3) is 0.136. The van der Waals surface area contributed by atoms with Crippen molar-refractivity contribution in [2.24, 2.45) is 0 Å². The van der Waals surface area contributed by atoms with Crippen LogP contribution in [0.4, 0.5) is 11.4 Å². The molecule has 1 N–H and O–H groups in total. The molecule has 3 aromatic carbocycles. The monoisotopic (exact) mass is 380 g/mol. The molecule has 5 heteroatoms. The SMILES string of the molecule is COc1ccc(Cl)cc1NC(=O)CN(Cc1ccccc1)c1ccccc1. The number of anilines is 2. The quantitative estimate of drug-likeness (QED) is 0.627. The molecule has 0 aliphatic heterocycles. The molecule has 0 heterocycles. The van der Waals surface area contributed by atoms with Gasteiger partial charge in [0.25, 0.3) is 0 Å². The molecule has 138 valence electrons. The first-order valence-electron chi connectivity index (χ1n) is 8.63. The minimum absolute atomic E-state index is 0.143. The van der Waals surface area contributed by atoms with E-state index in [-0.39, 0.29) is 12.5 Å². The van der Waals surface area contributed by atoms with Gasteiger partial charge in [0.1, 0.15) is 5.75 Å². The van der Waals surface area contributed by atoms with Crippen molar-refractivity contribution in [3.8, 4) is 5.75 Å². The van der Waals surface area contributed by atoms with Crippen molar-refractivity contribution >= 4 is 28.9 Å². The smallest absolute Gasteiger partial charge is 0.244 e. The van der Waals surface area contributed by atoms with Crippen molar-refractivity contribution < 1.29 is 9.53 Å². The number of hydrogen-bond donors (Lipinski definition) is 1. The van der Waals surface area contributed by atoms with Crippen LogP contribution in [-0.2, 0) is 11.3 Å². The van der Waals surface area contributed by atoms with E-state index in [0.29, 0.717) is 23.0 Å². The second kappa shape index (κ2) is 9.10. The van der Waals surface area contributed by atoms with Crippen LogP contribution in [0.2, 0.25) is 5.02 Å². The number of hydrogen-bond acceptors (Lipinski definition) is 3. The first-order chi connectivity index (χ1) is 13.2. The maximum atomic E-state index is 12.7. The summed E-state index contributed by atoms with van der Waals surface area (Å²) in [5.74, 6) is 0.428. The molecule has 0 bridgehead atoms. The fourth-order valence-electron chi connectivity index (χ4n) is 2.82. The van der Waals surface area contributed by atoms with Crippen molar-refractivity contribution in [3.05, 3.63) is 89.4 Å². The number of nitrogens with one attached hydrogen (secondary N) is 1. The molecule has 3 rings (SSSR count). The number of nitrogens with zero attached hydrogens (tertiary/aromatic N) is 1. The lowest BCUT2D eigenvalue weighted by Gasteiger charge is -2.24. The zero-order valence-corrected chi connectivity index (χ0v) is 15.8. The van der Waals surface area contributed by atoms with Gasteiger partial charge in [-0.3, -0.25) is 4.79 Å². The normalized spacial score (nSPS) is 10.3. The third kappa shape index (κ3) is 5.25. The number of amides is 1. The highest BCUT2D eigenvalue weighted by molar-refractivity contribution is 6.31. The van der Waals surface area contributed by atoms with Crippen LogP contribution in [0.1, 0.15) is 5.56 Å². The lowest BCUT2D eigenvalue weighted by Crippen LogP contribution is -2.33. The summed E-state index contributed by atoms with van der Waals surface area (Å²) in [6.07, 6.45) is 0. The van der Waals surface area contributed by atoms with Crippen molar-refractivity contribution in [1.82, 2.24) is 0 Å². The Morgan fingerprint density at radius 1 is 1.00 bits per heavy atom. The number of ether oxygens (including phenoxy) is 1. The molecule has 0 fully saturated rings. The number of para-hydroxylation sites is 1.